The van der Waals surface area contributed by atoms with Crippen LogP contribution in [0.25, 0.3) is 0 Å². The molecule has 1 aliphatic carbocycles. The van der Waals surface area contributed by atoms with Gasteiger partial charge in [-0.1, -0.05) is 36.4 Å². The maximum atomic E-state index is 13.0. The number of amides is 2. The van der Waals surface area contributed by atoms with E-state index in [2.05, 4.69) is 34.7 Å². The van der Waals surface area contributed by atoms with Gasteiger partial charge in [0.1, 0.15) is 5.75 Å². The molecule has 4 rings (SSSR count). The standard InChI is InChI=1S/C26H33N3O3/c1-29-16-23(21-5-3-4-19(14-21)15-28-25(30)20-8-9-20)24(17-29)26(31)27-13-12-18-6-10-22(32-2)11-7-18/h3-7,10-11,14,20,23-24H,8-9,12-13,15-17H2,1-2H3,(H,27,31)(H,28,30)/t23-,24-/m1/s1. The minimum absolute atomic E-state index is 0.0767. The van der Waals surface area contributed by atoms with Gasteiger partial charge in [0.25, 0.3) is 0 Å². The Morgan fingerprint density at radius 3 is 2.50 bits per heavy atom. The summed E-state index contributed by atoms with van der Waals surface area (Å²) in [6.07, 6.45) is 2.81. The second kappa shape index (κ2) is 10.2. The minimum atomic E-state index is -0.0767. The van der Waals surface area contributed by atoms with E-state index in [1.54, 1.807) is 7.11 Å². The van der Waals surface area contributed by atoms with Crippen LogP contribution in [-0.2, 0) is 22.6 Å². The number of carbonyl (C=O) groups excluding carboxylic acids is 2. The molecule has 0 radical (unpaired) electrons. The van der Waals surface area contributed by atoms with Crippen LogP contribution in [0.15, 0.2) is 48.5 Å². The van der Waals surface area contributed by atoms with Crippen LogP contribution >= 0.6 is 0 Å². The average Bonchev–Trinajstić information content (AvgIpc) is 3.59. The van der Waals surface area contributed by atoms with Crippen LogP contribution in [0.4, 0.5) is 0 Å². The first-order valence-corrected chi connectivity index (χ1v) is 11.5. The highest BCUT2D eigenvalue weighted by molar-refractivity contribution is 5.81. The van der Waals surface area contributed by atoms with Gasteiger partial charge in [0.15, 0.2) is 0 Å². The molecular formula is C26H33N3O3. The fourth-order valence-corrected chi connectivity index (χ4v) is 4.47. The van der Waals surface area contributed by atoms with Crippen molar-refractivity contribution in [3.63, 3.8) is 0 Å². The number of methoxy groups -OCH3 is 1. The summed E-state index contributed by atoms with van der Waals surface area (Å²) in [5, 5.41) is 6.18. The largest absolute Gasteiger partial charge is 0.497 e. The molecule has 1 saturated carbocycles. The lowest BCUT2D eigenvalue weighted by Gasteiger charge is -2.19. The number of rotatable bonds is 9. The SMILES string of the molecule is COc1ccc(CCNC(=O)[C@@H]2CN(C)C[C@@H]2c2cccc(CNC(=O)C3CC3)c2)cc1. The summed E-state index contributed by atoms with van der Waals surface area (Å²) in [7, 11) is 3.72. The van der Waals surface area contributed by atoms with Crippen LogP contribution < -0.4 is 15.4 Å². The predicted molar refractivity (Wildman–Crippen MR) is 124 cm³/mol. The van der Waals surface area contributed by atoms with E-state index in [0.717, 1.165) is 43.7 Å². The summed E-state index contributed by atoms with van der Waals surface area (Å²) in [6.45, 7) is 2.77. The Bertz CT molecular complexity index is 940. The van der Waals surface area contributed by atoms with E-state index in [4.69, 9.17) is 4.74 Å². The van der Waals surface area contributed by atoms with Crippen LogP contribution in [0.1, 0.15) is 35.4 Å². The molecular weight excluding hydrogens is 402 g/mol. The first kappa shape index (κ1) is 22.3. The third-order valence-corrected chi connectivity index (χ3v) is 6.51. The predicted octanol–water partition coefficient (Wildman–Crippen LogP) is 2.73. The lowest BCUT2D eigenvalue weighted by molar-refractivity contribution is -0.125. The molecule has 1 saturated heterocycles. The van der Waals surface area contributed by atoms with Crippen molar-refractivity contribution >= 4 is 11.8 Å². The van der Waals surface area contributed by atoms with Crippen LogP contribution in [0, 0.1) is 11.8 Å². The third-order valence-electron chi connectivity index (χ3n) is 6.51. The van der Waals surface area contributed by atoms with Crippen molar-refractivity contribution in [2.45, 2.75) is 31.7 Å². The Labute approximate surface area is 190 Å². The molecule has 2 N–H and O–H groups in total. The van der Waals surface area contributed by atoms with E-state index >= 15 is 0 Å². The van der Waals surface area contributed by atoms with Gasteiger partial charge in [-0.05, 0) is 55.1 Å². The highest BCUT2D eigenvalue weighted by Crippen LogP contribution is 2.33. The number of hydrogen-bond acceptors (Lipinski definition) is 4. The van der Waals surface area contributed by atoms with Crippen molar-refractivity contribution in [2.24, 2.45) is 11.8 Å². The number of likely N-dealkylation sites (tertiary alicyclic amines) is 1. The highest BCUT2D eigenvalue weighted by atomic mass is 16.5. The van der Waals surface area contributed by atoms with E-state index in [1.165, 1.54) is 11.1 Å². The van der Waals surface area contributed by atoms with Gasteiger partial charge < -0.3 is 20.3 Å². The number of carbonyl (C=O) groups is 2. The average molecular weight is 436 g/mol. The Morgan fingerprint density at radius 2 is 1.78 bits per heavy atom. The molecule has 170 valence electrons. The van der Waals surface area contributed by atoms with E-state index in [9.17, 15) is 9.59 Å². The zero-order chi connectivity index (χ0) is 22.5. The van der Waals surface area contributed by atoms with Gasteiger partial charge in [0, 0.05) is 38.0 Å². The topological polar surface area (TPSA) is 70.7 Å². The van der Waals surface area contributed by atoms with E-state index in [1.807, 2.05) is 36.4 Å². The Morgan fingerprint density at radius 1 is 1.00 bits per heavy atom. The molecule has 2 atom stereocenters. The van der Waals surface area contributed by atoms with Gasteiger partial charge in [-0.3, -0.25) is 9.59 Å². The zero-order valence-electron chi connectivity index (χ0n) is 19.0. The quantitative estimate of drug-likeness (QED) is 0.635. The lowest BCUT2D eigenvalue weighted by atomic mass is 9.87. The summed E-state index contributed by atoms with van der Waals surface area (Å²) in [6, 6.07) is 16.3. The number of nitrogens with one attached hydrogen (secondary N) is 2. The Hall–Kier alpha value is -2.86. The van der Waals surface area contributed by atoms with Crippen LogP contribution in [0.3, 0.4) is 0 Å². The molecule has 2 aliphatic rings. The Balaban J connectivity index is 1.34. The molecule has 0 unspecified atom stereocenters. The zero-order valence-corrected chi connectivity index (χ0v) is 19.0. The summed E-state index contributed by atoms with van der Waals surface area (Å²) in [5.74, 6) is 1.40. The molecule has 0 aromatic heterocycles. The van der Waals surface area contributed by atoms with E-state index < -0.39 is 0 Å². The van der Waals surface area contributed by atoms with Crippen molar-refractivity contribution in [3.05, 3.63) is 65.2 Å². The minimum Gasteiger partial charge on any atom is -0.497 e. The lowest BCUT2D eigenvalue weighted by Crippen LogP contribution is -2.35. The molecule has 2 aromatic rings. The Kier molecular flexibility index (Phi) is 7.10. The summed E-state index contributed by atoms with van der Waals surface area (Å²) >= 11 is 0. The van der Waals surface area contributed by atoms with Gasteiger partial charge in [-0.2, -0.15) is 0 Å². The van der Waals surface area contributed by atoms with Gasteiger partial charge in [0.05, 0.1) is 13.0 Å². The maximum absolute atomic E-state index is 13.0. The third kappa shape index (κ3) is 5.68. The molecule has 0 bridgehead atoms. The molecule has 0 spiro atoms. The maximum Gasteiger partial charge on any atom is 0.225 e. The monoisotopic (exact) mass is 435 g/mol. The van der Waals surface area contributed by atoms with E-state index in [-0.39, 0.29) is 29.6 Å². The van der Waals surface area contributed by atoms with Crippen molar-refractivity contribution in [1.82, 2.24) is 15.5 Å². The number of hydrogen-bond donors (Lipinski definition) is 2. The van der Waals surface area contributed by atoms with Gasteiger partial charge in [0.2, 0.25) is 11.8 Å². The van der Waals surface area contributed by atoms with Crippen LogP contribution in [0.2, 0.25) is 0 Å². The van der Waals surface area contributed by atoms with Gasteiger partial charge in [-0.15, -0.1) is 0 Å². The number of ether oxygens (including phenoxy) is 1. The van der Waals surface area contributed by atoms with Gasteiger partial charge >= 0.3 is 0 Å². The first-order valence-electron chi connectivity index (χ1n) is 11.5. The highest BCUT2D eigenvalue weighted by Gasteiger charge is 2.37. The smallest absolute Gasteiger partial charge is 0.225 e. The molecule has 1 heterocycles. The van der Waals surface area contributed by atoms with Crippen LogP contribution in [0.5, 0.6) is 5.75 Å². The number of nitrogens with zero attached hydrogens (tertiary/aromatic N) is 1. The fraction of sp³-hybridized carbons (Fsp3) is 0.462. The number of benzene rings is 2. The van der Waals surface area contributed by atoms with Crippen LogP contribution in [-0.4, -0.2) is 50.5 Å². The molecule has 1 aliphatic heterocycles. The van der Waals surface area contributed by atoms with Crippen molar-refractivity contribution in [2.75, 3.05) is 33.8 Å². The van der Waals surface area contributed by atoms with Crippen molar-refractivity contribution < 1.29 is 14.3 Å². The summed E-state index contributed by atoms with van der Waals surface area (Å²) in [4.78, 5) is 27.2. The summed E-state index contributed by atoms with van der Waals surface area (Å²) in [5.41, 5.74) is 3.43. The second-order valence-electron chi connectivity index (χ2n) is 9.06. The summed E-state index contributed by atoms with van der Waals surface area (Å²) < 4.78 is 5.20. The second-order valence-corrected chi connectivity index (χ2v) is 9.06. The molecule has 2 aromatic carbocycles. The van der Waals surface area contributed by atoms with Crippen molar-refractivity contribution in [1.29, 1.82) is 0 Å². The number of likely N-dealkylation sites (N-methyl/N-ethyl adjacent to an activating group) is 1. The van der Waals surface area contributed by atoms with Gasteiger partial charge in [-0.25, -0.2) is 0 Å². The van der Waals surface area contributed by atoms with Crippen molar-refractivity contribution in [3.8, 4) is 5.75 Å². The molecule has 2 fully saturated rings. The molecule has 6 nitrogen and oxygen atoms in total. The molecule has 32 heavy (non-hydrogen) atoms. The normalized spacial score (nSPS) is 20.7. The molecule has 2 amide bonds. The molecule has 6 heteroatoms. The fourth-order valence-electron chi connectivity index (χ4n) is 4.47. The van der Waals surface area contributed by atoms with E-state index in [0.29, 0.717) is 13.1 Å². The first-order chi connectivity index (χ1) is 15.5.